The maximum Gasteiger partial charge on any atom is 0.282 e. The number of nitrogens with one attached hydrogen (secondary N) is 3. The Morgan fingerprint density at radius 2 is 1.87 bits per heavy atom. The average Bonchev–Trinajstić information content (AvgIpc) is 2.73. The average molecular weight is 415 g/mol. The van der Waals surface area contributed by atoms with Crippen LogP contribution >= 0.6 is 0 Å². The van der Waals surface area contributed by atoms with E-state index in [-0.39, 0.29) is 29.7 Å². The Labute approximate surface area is 175 Å². The van der Waals surface area contributed by atoms with Crippen molar-refractivity contribution in [3.8, 4) is 5.75 Å². The highest BCUT2D eigenvalue weighted by Gasteiger charge is 2.25. The molecule has 0 radical (unpaired) electrons. The molecule has 0 saturated carbocycles. The summed E-state index contributed by atoms with van der Waals surface area (Å²) in [7, 11) is 3.15. The largest absolute Gasteiger partial charge is 0.495 e. The second-order valence-electron chi connectivity index (χ2n) is 6.93. The zero-order chi connectivity index (χ0) is 22.3. The first-order valence-corrected chi connectivity index (χ1v) is 9.60. The predicted octanol–water partition coefficient (Wildman–Crippen LogP) is 1.65. The molecule has 2 atom stereocenters. The van der Waals surface area contributed by atoms with Crippen molar-refractivity contribution in [1.82, 2.24) is 0 Å². The van der Waals surface area contributed by atoms with Gasteiger partial charge in [-0.05, 0) is 31.0 Å². The van der Waals surface area contributed by atoms with Gasteiger partial charge >= 0.3 is 0 Å². The van der Waals surface area contributed by atoms with Gasteiger partial charge in [-0.2, -0.15) is 0 Å². The highest BCUT2D eigenvalue weighted by atomic mass is 16.6. The van der Waals surface area contributed by atoms with Gasteiger partial charge in [-0.1, -0.05) is 25.1 Å². The number of nitrogens with zero attached hydrogens (tertiary/aromatic N) is 1. The number of carbonyl (C=O) groups is 2. The molecule has 0 bridgehead atoms. The number of anilines is 2. The van der Waals surface area contributed by atoms with Crippen LogP contribution in [0.15, 0.2) is 42.5 Å². The fourth-order valence-corrected chi connectivity index (χ4v) is 2.92. The Morgan fingerprint density at radius 3 is 2.50 bits per heavy atom. The lowest BCUT2D eigenvalue weighted by Crippen LogP contribution is -3.14. The van der Waals surface area contributed by atoms with Crippen molar-refractivity contribution in [3.63, 3.8) is 0 Å². The summed E-state index contributed by atoms with van der Waals surface area (Å²) in [5.74, 6) is -0.276. The highest BCUT2D eigenvalue weighted by molar-refractivity contribution is 5.96. The smallest absolute Gasteiger partial charge is 0.282 e. The second kappa shape index (κ2) is 10.4. The van der Waals surface area contributed by atoms with E-state index in [1.165, 1.54) is 25.3 Å². The molecule has 0 aliphatic heterocycles. The van der Waals surface area contributed by atoms with Crippen LogP contribution in [-0.4, -0.2) is 43.5 Å². The Kier molecular flexibility index (Phi) is 7.88. The van der Waals surface area contributed by atoms with Gasteiger partial charge in [0, 0.05) is 17.8 Å². The van der Waals surface area contributed by atoms with Gasteiger partial charge in [-0.3, -0.25) is 19.7 Å². The Balaban J connectivity index is 2.03. The number of nitro benzene ring substituents is 1. The van der Waals surface area contributed by atoms with Crippen LogP contribution in [0.4, 0.5) is 17.1 Å². The lowest BCUT2D eigenvalue weighted by Gasteiger charge is -2.21. The lowest BCUT2D eigenvalue weighted by atomic mass is 10.1. The number of quaternary nitrogens is 1. The molecule has 2 rings (SSSR count). The van der Waals surface area contributed by atoms with Gasteiger partial charge < -0.3 is 20.3 Å². The van der Waals surface area contributed by atoms with Gasteiger partial charge in [0.2, 0.25) is 0 Å². The summed E-state index contributed by atoms with van der Waals surface area (Å²) < 4.78 is 5.17. The molecule has 30 heavy (non-hydrogen) atoms. The standard InChI is InChI=1S/C21H26N4O5/c1-5-15-8-6-7-9-17(15)22-20(26)13-24(3)14(2)21(27)23-18-12-16(25(28)29)10-11-19(18)30-4/h6-12,14H,5,13H2,1-4H3,(H,22,26)(H,23,27)/p+1/t14-/m0/s1. The second-order valence-corrected chi connectivity index (χ2v) is 6.93. The molecule has 0 fully saturated rings. The molecular formula is C21H27N4O5+. The van der Waals surface area contributed by atoms with Crippen molar-refractivity contribution in [1.29, 1.82) is 0 Å². The lowest BCUT2D eigenvalue weighted by molar-refractivity contribution is -0.885. The summed E-state index contributed by atoms with van der Waals surface area (Å²) in [6.07, 6.45) is 0.795. The molecule has 160 valence electrons. The van der Waals surface area contributed by atoms with Crippen LogP contribution in [0.25, 0.3) is 0 Å². The molecule has 0 aliphatic rings. The molecule has 2 aromatic rings. The molecule has 9 nitrogen and oxygen atoms in total. The highest BCUT2D eigenvalue weighted by Crippen LogP contribution is 2.28. The summed E-state index contributed by atoms with van der Waals surface area (Å²) >= 11 is 0. The summed E-state index contributed by atoms with van der Waals surface area (Å²) in [6.45, 7) is 3.78. The number of benzene rings is 2. The van der Waals surface area contributed by atoms with Gasteiger partial charge in [-0.15, -0.1) is 0 Å². The molecule has 1 unspecified atom stereocenters. The number of para-hydroxylation sites is 1. The number of nitro groups is 1. The first-order chi connectivity index (χ1) is 14.3. The van der Waals surface area contributed by atoms with Crippen molar-refractivity contribution < 1.29 is 24.1 Å². The van der Waals surface area contributed by atoms with Gasteiger partial charge in [0.15, 0.2) is 12.6 Å². The first-order valence-electron chi connectivity index (χ1n) is 9.60. The fourth-order valence-electron chi connectivity index (χ4n) is 2.92. The van der Waals surface area contributed by atoms with Gasteiger partial charge in [-0.25, -0.2) is 0 Å². The van der Waals surface area contributed by atoms with Crippen LogP contribution in [0.5, 0.6) is 5.75 Å². The van der Waals surface area contributed by atoms with Crippen LogP contribution in [0.3, 0.4) is 0 Å². The third kappa shape index (κ3) is 5.77. The minimum atomic E-state index is -0.582. The van der Waals surface area contributed by atoms with E-state index in [1.807, 2.05) is 31.2 Å². The van der Waals surface area contributed by atoms with E-state index in [0.29, 0.717) is 10.6 Å². The predicted molar refractivity (Wildman–Crippen MR) is 114 cm³/mol. The van der Waals surface area contributed by atoms with Crippen LogP contribution < -0.4 is 20.3 Å². The van der Waals surface area contributed by atoms with Crippen LogP contribution in [0.1, 0.15) is 19.4 Å². The van der Waals surface area contributed by atoms with Crippen LogP contribution in [-0.2, 0) is 16.0 Å². The topological polar surface area (TPSA) is 115 Å². The van der Waals surface area contributed by atoms with E-state index in [9.17, 15) is 19.7 Å². The summed E-state index contributed by atoms with van der Waals surface area (Å²) in [5, 5.41) is 16.5. The molecule has 3 N–H and O–H groups in total. The number of methoxy groups -OCH3 is 1. The molecule has 0 spiro atoms. The third-order valence-corrected chi connectivity index (χ3v) is 4.90. The number of amides is 2. The molecule has 0 saturated heterocycles. The number of ether oxygens (including phenoxy) is 1. The Hall–Kier alpha value is -3.46. The van der Waals surface area contributed by atoms with Crippen molar-refractivity contribution in [3.05, 3.63) is 58.1 Å². The van der Waals surface area contributed by atoms with E-state index < -0.39 is 11.0 Å². The van der Waals surface area contributed by atoms with Gasteiger partial charge in [0.05, 0.1) is 24.8 Å². The number of hydrogen-bond donors (Lipinski definition) is 3. The van der Waals surface area contributed by atoms with Gasteiger partial charge in [0.1, 0.15) is 5.75 Å². The zero-order valence-corrected chi connectivity index (χ0v) is 17.5. The quantitative estimate of drug-likeness (QED) is 0.426. The first kappa shape index (κ1) is 22.8. The minimum absolute atomic E-state index is 0.0821. The van der Waals surface area contributed by atoms with Crippen molar-refractivity contribution in [2.75, 3.05) is 31.3 Å². The number of hydrogen-bond acceptors (Lipinski definition) is 5. The minimum Gasteiger partial charge on any atom is -0.495 e. The summed E-state index contributed by atoms with van der Waals surface area (Å²) in [6, 6.07) is 11.0. The van der Waals surface area contributed by atoms with E-state index >= 15 is 0 Å². The van der Waals surface area contributed by atoms with E-state index in [2.05, 4.69) is 10.6 Å². The van der Waals surface area contributed by atoms with Gasteiger partial charge in [0.25, 0.3) is 17.5 Å². The number of likely N-dealkylation sites (N-methyl/N-ethyl adjacent to an activating group) is 1. The number of aryl methyl sites for hydroxylation is 1. The van der Waals surface area contributed by atoms with Crippen LogP contribution in [0, 0.1) is 10.1 Å². The molecule has 0 heterocycles. The molecule has 0 aromatic heterocycles. The molecule has 2 amide bonds. The summed E-state index contributed by atoms with van der Waals surface area (Å²) in [4.78, 5) is 36.2. The van der Waals surface area contributed by atoms with Crippen LogP contribution in [0.2, 0.25) is 0 Å². The Bertz CT molecular complexity index is 931. The van der Waals surface area contributed by atoms with E-state index in [1.54, 1.807) is 14.0 Å². The Morgan fingerprint density at radius 1 is 1.17 bits per heavy atom. The summed E-state index contributed by atoms with van der Waals surface area (Å²) in [5.41, 5.74) is 1.84. The molecule has 0 aliphatic carbocycles. The van der Waals surface area contributed by atoms with E-state index in [4.69, 9.17) is 4.74 Å². The zero-order valence-electron chi connectivity index (χ0n) is 17.5. The maximum absolute atomic E-state index is 12.7. The normalized spacial score (nSPS) is 12.5. The molecule has 2 aromatic carbocycles. The number of rotatable bonds is 9. The van der Waals surface area contributed by atoms with Crippen molar-refractivity contribution in [2.45, 2.75) is 26.3 Å². The SMILES string of the molecule is CCc1ccccc1NC(=O)C[NH+](C)[C@@H](C)C(=O)Nc1cc([N+](=O)[O-])ccc1OC. The number of carbonyl (C=O) groups excluding carboxylic acids is 2. The fraction of sp³-hybridized carbons (Fsp3) is 0.333. The maximum atomic E-state index is 12.7. The number of non-ortho nitro benzene ring substituents is 1. The van der Waals surface area contributed by atoms with E-state index in [0.717, 1.165) is 17.7 Å². The third-order valence-electron chi connectivity index (χ3n) is 4.90. The van der Waals surface area contributed by atoms with Crippen molar-refractivity contribution in [2.24, 2.45) is 0 Å². The molecular weight excluding hydrogens is 388 g/mol. The van der Waals surface area contributed by atoms with Crippen molar-refractivity contribution >= 4 is 28.9 Å². The molecule has 9 heteroatoms. The monoisotopic (exact) mass is 415 g/mol.